The smallest absolute Gasteiger partial charge is 0.240 e. The zero-order valence-corrected chi connectivity index (χ0v) is 20.7. The second-order valence-electron chi connectivity index (χ2n) is 9.17. The molecule has 3 aromatic rings. The van der Waals surface area contributed by atoms with Crippen molar-refractivity contribution in [3.63, 3.8) is 0 Å². The van der Waals surface area contributed by atoms with Crippen LogP contribution in [0.15, 0.2) is 71.9 Å². The van der Waals surface area contributed by atoms with E-state index in [-0.39, 0.29) is 34.6 Å². The third-order valence-corrected chi connectivity index (χ3v) is 8.20. The molecule has 0 spiro atoms. The van der Waals surface area contributed by atoms with Crippen LogP contribution in [-0.2, 0) is 14.8 Å². The van der Waals surface area contributed by atoms with Crippen molar-refractivity contribution in [1.82, 2.24) is 15.0 Å². The molecule has 1 fully saturated rings. The molecular formula is C27H30FN3O3S. The number of benzene rings is 2. The molecule has 1 aromatic heterocycles. The maximum absolute atomic E-state index is 13.1. The maximum Gasteiger partial charge on any atom is 0.240 e. The fourth-order valence-electron chi connectivity index (χ4n) is 4.51. The summed E-state index contributed by atoms with van der Waals surface area (Å²) in [5.41, 5.74) is 3.79. The monoisotopic (exact) mass is 495 g/mol. The van der Waals surface area contributed by atoms with Gasteiger partial charge in [-0.25, -0.2) is 17.5 Å². The van der Waals surface area contributed by atoms with Gasteiger partial charge in [0.1, 0.15) is 5.82 Å². The Morgan fingerprint density at radius 1 is 1.00 bits per heavy atom. The van der Waals surface area contributed by atoms with Crippen LogP contribution in [0.3, 0.4) is 0 Å². The minimum absolute atomic E-state index is 0.0515. The van der Waals surface area contributed by atoms with Crippen molar-refractivity contribution >= 4 is 15.9 Å². The Morgan fingerprint density at radius 3 is 2.29 bits per heavy atom. The van der Waals surface area contributed by atoms with E-state index in [1.165, 1.54) is 12.1 Å². The molecule has 1 amide bonds. The number of nitrogens with zero attached hydrogens (tertiary/aromatic N) is 1. The van der Waals surface area contributed by atoms with Crippen LogP contribution < -0.4 is 10.0 Å². The number of amides is 1. The third kappa shape index (κ3) is 6.13. The number of carbonyl (C=O) groups excluding carboxylic acids is 1. The minimum Gasteiger partial charge on any atom is -0.349 e. The first kappa shape index (κ1) is 25.0. The van der Waals surface area contributed by atoms with Crippen LogP contribution in [0.2, 0.25) is 0 Å². The first-order valence-electron chi connectivity index (χ1n) is 11.8. The van der Waals surface area contributed by atoms with E-state index in [0.717, 1.165) is 22.3 Å². The highest BCUT2D eigenvalue weighted by Crippen LogP contribution is 2.28. The Balaban J connectivity index is 1.31. The van der Waals surface area contributed by atoms with Crippen molar-refractivity contribution < 1.29 is 17.6 Å². The fourth-order valence-corrected chi connectivity index (χ4v) is 5.81. The van der Waals surface area contributed by atoms with Crippen molar-refractivity contribution in [2.45, 2.75) is 56.5 Å². The highest BCUT2D eigenvalue weighted by molar-refractivity contribution is 7.89. The number of rotatable bonds is 7. The Kier molecular flexibility index (Phi) is 7.62. The van der Waals surface area contributed by atoms with E-state index < -0.39 is 10.0 Å². The van der Waals surface area contributed by atoms with Gasteiger partial charge in [0.05, 0.1) is 10.9 Å². The molecule has 4 rings (SSSR count). The molecular weight excluding hydrogens is 465 g/mol. The van der Waals surface area contributed by atoms with Crippen LogP contribution in [0.1, 0.15) is 49.8 Å². The van der Waals surface area contributed by atoms with Gasteiger partial charge < -0.3 is 5.32 Å². The average molecular weight is 496 g/mol. The number of carbonyl (C=O) groups is 1. The highest BCUT2D eigenvalue weighted by atomic mass is 32.2. The van der Waals surface area contributed by atoms with E-state index in [2.05, 4.69) is 15.0 Å². The van der Waals surface area contributed by atoms with Gasteiger partial charge in [0.25, 0.3) is 0 Å². The third-order valence-electron chi connectivity index (χ3n) is 6.66. The van der Waals surface area contributed by atoms with Gasteiger partial charge in [-0.15, -0.1) is 0 Å². The molecule has 1 saturated carbocycles. The molecule has 6 nitrogen and oxygen atoms in total. The van der Waals surface area contributed by atoms with Crippen LogP contribution in [0.4, 0.5) is 4.39 Å². The van der Waals surface area contributed by atoms with Crippen LogP contribution in [-0.4, -0.2) is 25.4 Å². The predicted octanol–water partition coefficient (Wildman–Crippen LogP) is 4.91. The van der Waals surface area contributed by atoms with Crippen LogP contribution in [0.5, 0.6) is 0 Å². The molecule has 0 radical (unpaired) electrons. The Hall–Kier alpha value is -3.10. The largest absolute Gasteiger partial charge is 0.349 e. The number of pyridine rings is 1. The lowest BCUT2D eigenvalue weighted by molar-refractivity contribution is -0.126. The lowest BCUT2D eigenvalue weighted by Crippen LogP contribution is -2.41. The molecule has 0 unspecified atom stereocenters. The second kappa shape index (κ2) is 10.7. The molecule has 1 atom stereocenters. The number of sulfonamides is 1. The van der Waals surface area contributed by atoms with E-state index in [1.807, 2.05) is 19.9 Å². The fraction of sp³-hybridized carbons (Fsp3) is 0.333. The van der Waals surface area contributed by atoms with Gasteiger partial charge in [0.2, 0.25) is 15.9 Å². The molecule has 1 aliphatic rings. The van der Waals surface area contributed by atoms with Crippen molar-refractivity contribution in [2.75, 3.05) is 0 Å². The zero-order valence-electron chi connectivity index (χ0n) is 19.9. The first-order chi connectivity index (χ1) is 16.7. The summed E-state index contributed by atoms with van der Waals surface area (Å²) in [7, 11) is -3.66. The molecule has 0 aliphatic heterocycles. The molecule has 184 valence electrons. The summed E-state index contributed by atoms with van der Waals surface area (Å²) in [5.74, 6) is -0.530. The molecule has 0 saturated heterocycles. The molecule has 35 heavy (non-hydrogen) atoms. The Labute approximate surface area is 206 Å². The second-order valence-corrected chi connectivity index (χ2v) is 10.9. The van der Waals surface area contributed by atoms with E-state index >= 15 is 0 Å². The van der Waals surface area contributed by atoms with Crippen molar-refractivity contribution in [3.8, 4) is 11.1 Å². The number of nitrogens with one attached hydrogen (secondary N) is 2. The summed E-state index contributed by atoms with van der Waals surface area (Å²) in [5, 5.41) is 2.99. The van der Waals surface area contributed by atoms with Crippen molar-refractivity contribution in [2.24, 2.45) is 5.92 Å². The molecule has 2 aromatic carbocycles. The van der Waals surface area contributed by atoms with Gasteiger partial charge in [-0.05, 0) is 86.6 Å². The molecule has 0 bridgehead atoms. The minimum atomic E-state index is -3.66. The highest BCUT2D eigenvalue weighted by Gasteiger charge is 2.29. The quantitative estimate of drug-likeness (QED) is 0.488. The first-order valence-corrected chi connectivity index (χ1v) is 13.3. The molecule has 1 heterocycles. The van der Waals surface area contributed by atoms with Crippen LogP contribution in [0.25, 0.3) is 11.1 Å². The average Bonchev–Trinajstić information content (AvgIpc) is 2.85. The number of halogens is 1. The van der Waals surface area contributed by atoms with Crippen LogP contribution >= 0.6 is 0 Å². The standard InChI is InChI=1S/C27H30FN3O3S/c1-18-15-16-29-17-26(18)21-7-13-25(14-8-21)35(33,34)31-24-11-5-22(6-12-24)27(32)30-19(2)20-3-9-23(28)10-4-20/h3-4,7-10,13-17,19,22,24,31H,5-6,11-12H2,1-2H3,(H,30,32)/t19-,22?,24?/m1/s1. The number of hydrogen-bond donors (Lipinski definition) is 2. The van der Waals surface area contributed by atoms with Crippen molar-refractivity contribution in [3.05, 3.63) is 83.9 Å². The van der Waals surface area contributed by atoms with E-state index in [0.29, 0.717) is 25.7 Å². The summed E-state index contributed by atoms with van der Waals surface area (Å²) in [6, 6.07) is 14.4. The molecule has 1 aliphatic carbocycles. The van der Waals surface area contributed by atoms with Gasteiger partial charge in [0, 0.05) is 29.9 Å². The van der Waals surface area contributed by atoms with Gasteiger partial charge in [-0.3, -0.25) is 9.78 Å². The normalized spacial score (nSPS) is 19.2. The number of aromatic nitrogens is 1. The van der Waals surface area contributed by atoms with Gasteiger partial charge in [-0.2, -0.15) is 0 Å². The number of hydrogen-bond acceptors (Lipinski definition) is 4. The maximum atomic E-state index is 13.1. The summed E-state index contributed by atoms with van der Waals surface area (Å²) >= 11 is 0. The van der Waals surface area contributed by atoms with Gasteiger partial charge in [-0.1, -0.05) is 24.3 Å². The number of aryl methyl sites for hydroxylation is 1. The summed E-state index contributed by atoms with van der Waals surface area (Å²) in [6.45, 7) is 3.86. The van der Waals surface area contributed by atoms with Gasteiger partial charge >= 0.3 is 0 Å². The lowest BCUT2D eigenvalue weighted by Gasteiger charge is -2.29. The van der Waals surface area contributed by atoms with E-state index in [1.54, 1.807) is 48.8 Å². The lowest BCUT2D eigenvalue weighted by atomic mass is 9.85. The van der Waals surface area contributed by atoms with Crippen molar-refractivity contribution in [1.29, 1.82) is 0 Å². The molecule has 2 N–H and O–H groups in total. The van der Waals surface area contributed by atoms with E-state index in [9.17, 15) is 17.6 Å². The zero-order chi connectivity index (χ0) is 25.0. The van der Waals surface area contributed by atoms with E-state index in [4.69, 9.17) is 0 Å². The molecule has 8 heteroatoms. The summed E-state index contributed by atoms with van der Waals surface area (Å²) in [6.07, 6.45) is 5.89. The SMILES string of the molecule is Cc1ccncc1-c1ccc(S(=O)(=O)NC2CCC(C(=O)N[C@H](C)c3ccc(F)cc3)CC2)cc1. The summed E-state index contributed by atoms with van der Waals surface area (Å²) < 4.78 is 41.8. The predicted molar refractivity (Wildman–Crippen MR) is 133 cm³/mol. The Morgan fingerprint density at radius 2 is 1.66 bits per heavy atom. The van der Waals surface area contributed by atoms with Gasteiger partial charge in [0.15, 0.2) is 0 Å². The Bertz CT molecular complexity index is 1270. The van der Waals surface area contributed by atoms with Crippen LogP contribution in [0, 0.1) is 18.7 Å². The summed E-state index contributed by atoms with van der Waals surface area (Å²) in [4.78, 5) is 17.1. The topological polar surface area (TPSA) is 88.2 Å².